The number of halogens is 1. The first-order chi connectivity index (χ1) is 9.22. The lowest BCUT2D eigenvalue weighted by molar-refractivity contribution is 0.0526. The van der Waals surface area contributed by atoms with Gasteiger partial charge in [0.25, 0.3) is 0 Å². The van der Waals surface area contributed by atoms with Gasteiger partial charge in [0.1, 0.15) is 0 Å². The van der Waals surface area contributed by atoms with Crippen LogP contribution in [-0.2, 0) is 4.74 Å². The highest BCUT2D eigenvalue weighted by molar-refractivity contribution is 9.09. The third kappa shape index (κ3) is 3.98. The average molecular weight is 343 g/mol. The number of rotatable bonds is 4. The molecular formula is C13H15BrN2O2S. The van der Waals surface area contributed by atoms with E-state index >= 15 is 0 Å². The SMILES string of the molecule is CCOC(=O)c1ccc(NC2=NC[C@@H](CBr)S2)cc1. The van der Waals surface area contributed by atoms with Gasteiger partial charge in [-0.2, -0.15) is 0 Å². The van der Waals surface area contributed by atoms with Crippen LogP contribution in [0.3, 0.4) is 0 Å². The Morgan fingerprint density at radius 1 is 1.53 bits per heavy atom. The lowest BCUT2D eigenvalue weighted by Crippen LogP contribution is -2.09. The fraction of sp³-hybridized carbons (Fsp3) is 0.385. The third-order valence-electron chi connectivity index (χ3n) is 2.54. The Balaban J connectivity index is 1.94. The summed E-state index contributed by atoms with van der Waals surface area (Å²) in [6.07, 6.45) is 0. The van der Waals surface area contributed by atoms with E-state index in [4.69, 9.17) is 4.74 Å². The quantitative estimate of drug-likeness (QED) is 0.674. The molecule has 102 valence electrons. The lowest BCUT2D eigenvalue weighted by atomic mass is 10.2. The average Bonchev–Trinajstić information content (AvgIpc) is 2.87. The summed E-state index contributed by atoms with van der Waals surface area (Å²) in [7, 11) is 0. The molecule has 1 aromatic rings. The number of hydrogen-bond donors (Lipinski definition) is 1. The van der Waals surface area contributed by atoms with Gasteiger partial charge in [0.15, 0.2) is 5.17 Å². The van der Waals surface area contributed by atoms with Crippen molar-refractivity contribution in [3.05, 3.63) is 29.8 Å². The summed E-state index contributed by atoms with van der Waals surface area (Å²) in [5.41, 5.74) is 1.49. The second-order valence-corrected chi connectivity index (χ2v) is 5.90. The first-order valence-electron chi connectivity index (χ1n) is 6.04. The molecule has 0 fully saturated rings. The Morgan fingerprint density at radius 3 is 2.84 bits per heavy atom. The van der Waals surface area contributed by atoms with Crippen molar-refractivity contribution in [2.75, 3.05) is 23.8 Å². The number of aliphatic imine (C=N–C) groups is 1. The minimum absolute atomic E-state index is 0.291. The molecule has 4 nitrogen and oxygen atoms in total. The van der Waals surface area contributed by atoms with Gasteiger partial charge in [0, 0.05) is 16.3 Å². The maximum atomic E-state index is 11.5. The fourth-order valence-electron chi connectivity index (χ4n) is 1.59. The van der Waals surface area contributed by atoms with Gasteiger partial charge in [0.2, 0.25) is 0 Å². The predicted octanol–water partition coefficient (Wildman–Crippen LogP) is 3.14. The number of ether oxygens (including phenoxy) is 1. The normalized spacial score (nSPS) is 18.0. The van der Waals surface area contributed by atoms with Crippen molar-refractivity contribution in [1.29, 1.82) is 0 Å². The van der Waals surface area contributed by atoms with Crippen LogP contribution in [0.15, 0.2) is 29.3 Å². The van der Waals surface area contributed by atoms with Crippen molar-refractivity contribution in [1.82, 2.24) is 0 Å². The minimum atomic E-state index is -0.291. The van der Waals surface area contributed by atoms with Crippen molar-refractivity contribution in [2.45, 2.75) is 12.2 Å². The lowest BCUT2D eigenvalue weighted by Gasteiger charge is -2.07. The molecule has 1 aliphatic heterocycles. The van der Waals surface area contributed by atoms with Crippen LogP contribution in [0.1, 0.15) is 17.3 Å². The van der Waals surface area contributed by atoms with Gasteiger partial charge in [-0.25, -0.2) is 4.79 Å². The van der Waals surface area contributed by atoms with E-state index in [9.17, 15) is 4.79 Å². The van der Waals surface area contributed by atoms with E-state index in [1.165, 1.54) is 0 Å². The molecule has 0 aliphatic carbocycles. The largest absolute Gasteiger partial charge is 0.462 e. The summed E-state index contributed by atoms with van der Waals surface area (Å²) in [4.78, 5) is 15.9. The predicted molar refractivity (Wildman–Crippen MR) is 83.5 cm³/mol. The maximum Gasteiger partial charge on any atom is 0.338 e. The molecule has 0 unspecified atom stereocenters. The number of nitrogens with zero attached hydrogens (tertiary/aromatic N) is 1. The molecule has 1 heterocycles. The number of carbonyl (C=O) groups excluding carboxylic acids is 1. The van der Waals surface area contributed by atoms with E-state index in [1.807, 2.05) is 12.1 Å². The molecule has 0 aromatic heterocycles. The number of anilines is 1. The number of nitrogens with one attached hydrogen (secondary N) is 1. The Hall–Kier alpha value is -1.01. The van der Waals surface area contributed by atoms with Gasteiger partial charge in [0.05, 0.1) is 18.7 Å². The topological polar surface area (TPSA) is 50.7 Å². The Bertz CT molecular complexity index is 476. The zero-order valence-electron chi connectivity index (χ0n) is 10.6. The molecule has 0 bridgehead atoms. The van der Waals surface area contributed by atoms with E-state index in [2.05, 4.69) is 26.2 Å². The molecule has 2 rings (SSSR count). The van der Waals surface area contributed by atoms with Crippen molar-refractivity contribution >= 4 is 44.5 Å². The van der Waals surface area contributed by atoms with Crippen LogP contribution in [-0.4, -0.2) is 34.9 Å². The molecule has 6 heteroatoms. The minimum Gasteiger partial charge on any atom is -0.462 e. The van der Waals surface area contributed by atoms with Crippen LogP contribution in [0, 0.1) is 0 Å². The smallest absolute Gasteiger partial charge is 0.338 e. The molecule has 0 amide bonds. The van der Waals surface area contributed by atoms with Gasteiger partial charge in [-0.05, 0) is 31.2 Å². The van der Waals surface area contributed by atoms with Crippen LogP contribution in [0.5, 0.6) is 0 Å². The standard InChI is InChI=1S/C13H15BrN2O2S/c1-2-18-12(17)9-3-5-10(6-4-9)16-13-15-8-11(7-14)19-13/h3-6,11H,2,7-8H2,1H3,(H,15,16)/t11-/m1/s1. The van der Waals surface area contributed by atoms with Crippen molar-refractivity contribution in [3.8, 4) is 0 Å². The van der Waals surface area contributed by atoms with Gasteiger partial charge in [-0.15, -0.1) is 0 Å². The Kier molecular flexibility index (Phi) is 5.27. The van der Waals surface area contributed by atoms with Crippen molar-refractivity contribution < 1.29 is 9.53 Å². The first kappa shape index (κ1) is 14.4. The molecule has 1 aliphatic rings. The summed E-state index contributed by atoms with van der Waals surface area (Å²) >= 11 is 5.18. The molecule has 1 atom stereocenters. The monoisotopic (exact) mass is 342 g/mol. The third-order valence-corrected chi connectivity index (χ3v) is 4.85. The molecule has 0 radical (unpaired) electrons. The number of alkyl halides is 1. The van der Waals surface area contributed by atoms with Crippen molar-refractivity contribution in [2.24, 2.45) is 4.99 Å². The maximum absolute atomic E-state index is 11.5. The summed E-state index contributed by atoms with van der Waals surface area (Å²) < 4.78 is 4.94. The summed E-state index contributed by atoms with van der Waals surface area (Å²) in [6, 6.07) is 7.22. The number of benzene rings is 1. The number of carbonyl (C=O) groups is 1. The zero-order chi connectivity index (χ0) is 13.7. The molecule has 0 saturated heterocycles. The fourth-order valence-corrected chi connectivity index (χ4v) is 3.05. The van der Waals surface area contributed by atoms with E-state index in [1.54, 1.807) is 30.8 Å². The van der Waals surface area contributed by atoms with Crippen molar-refractivity contribution in [3.63, 3.8) is 0 Å². The van der Waals surface area contributed by atoms with Crippen LogP contribution in [0.2, 0.25) is 0 Å². The van der Waals surface area contributed by atoms with Gasteiger partial charge in [-0.1, -0.05) is 27.7 Å². The van der Waals surface area contributed by atoms with E-state index in [-0.39, 0.29) is 5.97 Å². The summed E-state index contributed by atoms with van der Waals surface area (Å²) in [5.74, 6) is -0.291. The molecule has 0 spiro atoms. The number of thioether (sulfide) groups is 1. The number of esters is 1. The molecular weight excluding hydrogens is 328 g/mol. The number of amidine groups is 1. The van der Waals surface area contributed by atoms with Crippen LogP contribution < -0.4 is 5.32 Å². The highest BCUT2D eigenvalue weighted by Crippen LogP contribution is 2.24. The second-order valence-electron chi connectivity index (χ2n) is 3.96. The first-order valence-corrected chi connectivity index (χ1v) is 8.04. The zero-order valence-corrected chi connectivity index (χ0v) is 13.0. The molecule has 0 saturated carbocycles. The summed E-state index contributed by atoms with van der Waals surface area (Å²) in [6.45, 7) is 3.02. The van der Waals surface area contributed by atoms with Gasteiger partial charge < -0.3 is 10.1 Å². The summed E-state index contributed by atoms with van der Waals surface area (Å²) in [5, 5.41) is 5.61. The van der Waals surface area contributed by atoms with E-state index in [0.717, 1.165) is 22.7 Å². The van der Waals surface area contributed by atoms with Crippen LogP contribution >= 0.6 is 27.7 Å². The Morgan fingerprint density at radius 2 is 2.26 bits per heavy atom. The highest BCUT2D eigenvalue weighted by atomic mass is 79.9. The van der Waals surface area contributed by atoms with Crippen LogP contribution in [0.25, 0.3) is 0 Å². The molecule has 19 heavy (non-hydrogen) atoms. The second kappa shape index (κ2) is 6.96. The van der Waals surface area contributed by atoms with Gasteiger partial charge in [-0.3, -0.25) is 4.99 Å². The highest BCUT2D eigenvalue weighted by Gasteiger charge is 2.18. The number of hydrogen-bond acceptors (Lipinski definition) is 5. The molecule has 1 aromatic carbocycles. The molecule has 1 N–H and O–H groups in total. The Labute approximate surface area is 125 Å². The van der Waals surface area contributed by atoms with E-state index in [0.29, 0.717) is 17.4 Å². The van der Waals surface area contributed by atoms with E-state index < -0.39 is 0 Å². The van der Waals surface area contributed by atoms with Crippen LogP contribution in [0.4, 0.5) is 5.69 Å². The van der Waals surface area contributed by atoms with Gasteiger partial charge >= 0.3 is 5.97 Å².